The van der Waals surface area contributed by atoms with Gasteiger partial charge >= 0.3 is 0 Å². The molecule has 0 bridgehead atoms. The van der Waals surface area contributed by atoms with Crippen molar-refractivity contribution in [1.29, 1.82) is 0 Å². The predicted molar refractivity (Wildman–Crippen MR) is 73.6 cm³/mol. The quantitative estimate of drug-likeness (QED) is 0.843. The van der Waals surface area contributed by atoms with Gasteiger partial charge in [-0.15, -0.1) is 0 Å². The van der Waals surface area contributed by atoms with Crippen LogP contribution >= 0.6 is 0 Å². The van der Waals surface area contributed by atoms with Crippen molar-refractivity contribution in [2.24, 2.45) is 0 Å². The lowest BCUT2D eigenvalue weighted by Crippen LogP contribution is -2.17. The SMILES string of the molecule is CC(C)=CCCc1ccc2c(c1)C(=O)C(O)=CC2=O. The number of ketones is 2. The fourth-order valence-electron chi connectivity index (χ4n) is 2.08. The van der Waals surface area contributed by atoms with Gasteiger partial charge in [0.25, 0.3) is 0 Å². The Labute approximate surface area is 112 Å². The van der Waals surface area contributed by atoms with E-state index in [1.54, 1.807) is 12.1 Å². The number of carbonyl (C=O) groups is 2. The zero-order chi connectivity index (χ0) is 14.0. The third-order valence-electron chi connectivity index (χ3n) is 3.08. The van der Waals surface area contributed by atoms with Crippen LogP contribution in [0.5, 0.6) is 0 Å². The Hall–Kier alpha value is -2.16. The summed E-state index contributed by atoms with van der Waals surface area (Å²) in [6, 6.07) is 5.23. The molecule has 1 aliphatic carbocycles. The number of Topliss-reactive ketones (excluding diaryl/α,β-unsaturated/α-hetero) is 1. The van der Waals surface area contributed by atoms with Crippen LogP contribution in [0, 0.1) is 0 Å². The lowest BCUT2D eigenvalue weighted by molar-refractivity contribution is 0.0939. The number of benzene rings is 1. The summed E-state index contributed by atoms with van der Waals surface area (Å²) in [5, 5.41) is 9.42. The molecule has 19 heavy (non-hydrogen) atoms. The molecule has 0 atom stereocenters. The van der Waals surface area contributed by atoms with Crippen LogP contribution in [0.4, 0.5) is 0 Å². The normalized spacial score (nSPS) is 13.9. The van der Waals surface area contributed by atoms with Crippen molar-refractivity contribution in [2.75, 3.05) is 0 Å². The van der Waals surface area contributed by atoms with Crippen LogP contribution in [0.15, 0.2) is 41.7 Å². The smallest absolute Gasteiger partial charge is 0.228 e. The first-order valence-electron chi connectivity index (χ1n) is 6.25. The first-order chi connectivity index (χ1) is 8.99. The molecule has 0 aromatic heterocycles. The minimum Gasteiger partial charge on any atom is -0.504 e. The van der Waals surface area contributed by atoms with Gasteiger partial charge in [0.1, 0.15) is 0 Å². The molecule has 1 aromatic rings. The average molecular weight is 256 g/mol. The number of rotatable bonds is 3. The summed E-state index contributed by atoms with van der Waals surface area (Å²) in [7, 11) is 0. The molecule has 0 aliphatic heterocycles. The summed E-state index contributed by atoms with van der Waals surface area (Å²) in [5.41, 5.74) is 2.92. The number of aryl methyl sites for hydroxylation is 1. The van der Waals surface area contributed by atoms with Crippen molar-refractivity contribution in [2.45, 2.75) is 26.7 Å². The first-order valence-corrected chi connectivity index (χ1v) is 6.25. The third kappa shape index (κ3) is 2.81. The molecule has 3 nitrogen and oxygen atoms in total. The molecular formula is C16H16O3. The van der Waals surface area contributed by atoms with Crippen molar-refractivity contribution in [3.05, 3.63) is 58.4 Å². The summed E-state index contributed by atoms with van der Waals surface area (Å²) in [4.78, 5) is 23.5. The van der Waals surface area contributed by atoms with Crippen LogP contribution in [-0.4, -0.2) is 16.7 Å². The summed E-state index contributed by atoms with van der Waals surface area (Å²) >= 11 is 0. The maximum Gasteiger partial charge on any atom is 0.228 e. The van der Waals surface area contributed by atoms with Crippen LogP contribution in [0.25, 0.3) is 0 Å². The number of aliphatic hydroxyl groups is 1. The molecule has 98 valence electrons. The average Bonchev–Trinajstić information content (AvgIpc) is 2.35. The minimum absolute atomic E-state index is 0.305. The second-order valence-electron chi connectivity index (χ2n) is 4.92. The van der Waals surface area contributed by atoms with Crippen LogP contribution < -0.4 is 0 Å². The maximum atomic E-state index is 11.8. The van der Waals surface area contributed by atoms with Gasteiger partial charge in [0.05, 0.1) is 0 Å². The number of fused-ring (bicyclic) bond motifs is 1. The molecule has 0 unspecified atom stereocenters. The molecular weight excluding hydrogens is 240 g/mol. The molecule has 0 amide bonds. The Morgan fingerprint density at radius 1 is 1.21 bits per heavy atom. The van der Waals surface area contributed by atoms with E-state index in [4.69, 9.17) is 0 Å². The van der Waals surface area contributed by atoms with Gasteiger partial charge in [-0.1, -0.05) is 23.8 Å². The number of carbonyl (C=O) groups excluding carboxylic acids is 2. The fraction of sp³-hybridized carbons (Fsp3) is 0.250. The van der Waals surface area contributed by atoms with Gasteiger partial charge in [-0.3, -0.25) is 9.59 Å². The lowest BCUT2D eigenvalue weighted by atomic mass is 9.91. The number of hydrogen-bond acceptors (Lipinski definition) is 3. The van der Waals surface area contributed by atoms with Crippen molar-refractivity contribution < 1.29 is 14.7 Å². The Bertz CT molecular complexity index is 602. The molecule has 1 aliphatic rings. The fourth-order valence-corrected chi connectivity index (χ4v) is 2.08. The number of allylic oxidation sites excluding steroid dienone is 4. The lowest BCUT2D eigenvalue weighted by Gasteiger charge is -2.12. The van der Waals surface area contributed by atoms with Crippen molar-refractivity contribution in [3.63, 3.8) is 0 Å². The van der Waals surface area contributed by atoms with Crippen molar-refractivity contribution >= 4 is 11.6 Å². The van der Waals surface area contributed by atoms with Gasteiger partial charge in [0, 0.05) is 17.2 Å². The van der Waals surface area contributed by atoms with E-state index < -0.39 is 11.5 Å². The minimum atomic E-state index is -0.473. The molecule has 1 aromatic carbocycles. The second-order valence-corrected chi connectivity index (χ2v) is 4.92. The van der Waals surface area contributed by atoms with Crippen LogP contribution in [0.3, 0.4) is 0 Å². The molecule has 0 saturated carbocycles. The molecule has 0 radical (unpaired) electrons. The van der Waals surface area contributed by atoms with E-state index in [1.807, 2.05) is 19.9 Å². The molecule has 0 spiro atoms. The Morgan fingerprint density at radius 3 is 2.63 bits per heavy atom. The van der Waals surface area contributed by atoms with Gasteiger partial charge in [-0.25, -0.2) is 0 Å². The first kappa shape index (κ1) is 13.3. The molecule has 2 rings (SSSR count). The highest BCUT2D eigenvalue weighted by molar-refractivity contribution is 6.23. The van der Waals surface area contributed by atoms with Crippen molar-refractivity contribution in [1.82, 2.24) is 0 Å². The Kier molecular flexibility index (Phi) is 3.65. The van der Waals surface area contributed by atoms with E-state index in [9.17, 15) is 14.7 Å². The molecule has 0 fully saturated rings. The third-order valence-corrected chi connectivity index (χ3v) is 3.08. The molecule has 0 heterocycles. The highest BCUT2D eigenvalue weighted by Crippen LogP contribution is 2.22. The topological polar surface area (TPSA) is 54.4 Å². The summed E-state index contributed by atoms with van der Waals surface area (Å²) in [6.07, 6.45) is 4.81. The summed E-state index contributed by atoms with van der Waals surface area (Å²) < 4.78 is 0. The Balaban J connectivity index is 2.27. The zero-order valence-electron chi connectivity index (χ0n) is 11.1. The van der Waals surface area contributed by atoms with E-state index >= 15 is 0 Å². The standard InChI is InChI=1S/C16H16O3/c1-10(2)4-3-5-11-6-7-12-13(8-11)16(19)15(18)9-14(12)17/h4,6-9,18H,3,5H2,1-2H3. The van der Waals surface area contributed by atoms with Crippen LogP contribution in [0.2, 0.25) is 0 Å². The van der Waals surface area contributed by atoms with Gasteiger partial charge in [-0.05, 0) is 38.3 Å². The van der Waals surface area contributed by atoms with Gasteiger partial charge < -0.3 is 5.11 Å². The van der Waals surface area contributed by atoms with E-state index in [1.165, 1.54) is 5.57 Å². The summed E-state index contributed by atoms with van der Waals surface area (Å²) in [5.74, 6) is -1.26. The number of hydrogen-bond donors (Lipinski definition) is 1. The van der Waals surface area contributed by atoms with E-state index in [-0.39, 0.29) is 5.78 Å². The highest BCUT2D eigenvalue weighted by Gasteiger charge is 2.25. The maximum absolute atomic E-state index is 11.8. The second kappa shape index (κ2) is 5.22. The molecule has 1 N–H and O–H groups in total. The van der Waals surface area contributed by atoms with Gasteiger partial charge in [-0.2, -0.15) is 0 Å². The van der Waals surface area contributed by atoms with Gasteiger partial charge in [0.2, 0.25) is 5.78 Å². The molecule has 0 saturated heterocycles. The number of aliphatic hydroxyl groups excluding tert-OH is 1. The molecule has 3 heteroatoms. The van der Waals surface area contributed by atoms with Crippen LogP contribution in [0.1, 0.15) is 46.5 Å². The van der Waals surface area contributed by atoms with Crippen LogP contribution in [-0.2, 0) is 6.42 Å². The van der Waals surface area contributed by atoms with Crippen molar-refractivity contribution in [3.8, 4) is 0 Å². The van der Waals surface area contributed by atoms with E-state index in [0.29, 0.717) is 11.1 Å². The van der Waals surface area contributed by atoms with E-state index in [0.717, 1.165) is 24.5 Å². The Morgan fingerprint density at radius 2 is 1.95 bits per heavy atom. The highest BCUT2D eigenvalue weighted by atomic mass is 16.3. The van der Waals surface area contributed by atoms with E-state index in [2.05, 4.69) is 6.08 Å². The predicted octanol–water partition coefficient (Wildman–Crippen LogP) is 3.41. The monoisotopic (exact) mass is 256 g/mol. The van der Waals surface area contributed by atoms with Gasteiger partial charge in [0.15, 0.2) is 11.5 Å². The summed E-state index contributed by atoms with van der Waals surface area (Å²) in [6.45, 7) is 4.08. The largest absolute Gasteiger partial charge is 0.504 e. The zero-order valence-corrected chi connectivity index (χ0v) is 11.1.